The van der Waals surface area contributed by atoms with Gasteiger partial charge in [-0.05, 0) is 92.8 Å². The first-order valence-corrected chi connectivity index (χ1v) is 17.2. The van der Waals surface area contributed by atoms with Gasteiger partial charge >= 0.3 is 41.5 Å². The summed E-state index contributed by atoms with van der Waals surface area (Å²) in [4.78, 5) is 42.9. The van der Waals surface area contributed by atoms with Crippen LogP contribution in [0.3, 0.4) is 0 Å². The molecular formula is C39H48BIN6NaO5. The topological polar surface area (TPSA) is 137 Å². The number of pyridine rings is 1. The Morgan fingerprint density at radius 1 is 0.887 bits per heavy atom. The van der Waals surface area contributed by atoms with Crippen LogP contribution in [0.2, 0.25) is 0 Å². The Morgan fingerprint density at radius 3 is 1.89 bits per heavy atom. The first-order valence-electron chi connectivity index (χ1n) is 17.2. The van der Waals surface area contributed by atoms with Crippen molar-refractivity contribution in [3.63, 3.8) is 0 Å². The van der Waals surface area contributed by atoms with Gasteiger partial charge < -0.3 is 54.9 Å². The normalized spacial score (nSPS) is 14.5. The molecule has 0 atom stereocenters. The molecule has 2 saturated carbocycles. The van der Waals surface area contributed by atoms with E-state index in [0.29, 0.717) is 23.0 Å². The van der Waals surface area contributed by atoms with E-state index in [9.17, 15) is 9.59 Å². The van der Waals surface area contributed by atoms with Crippen molar-refractivity contribution in [1.29, 1.82) is 0 Å². The molecule has 2 aromatic carbocycles. The number of aromatic nitrogens is 5. The molecule has 8 rings (SSSR count). The Balaban J connectivity index is 0.000000334. The predicted octanol–water partition coefficient (Wildman–Crippen LogP) is -0.588. The summed E-state index contributed by atoms with van der Waals surface area (Å²) in [5.74, 6) is 2.27. The van der Waals surface area contributed by atoms with Gasteiger partial charge in [0, 0.05) is 52.2 Å². The van der Waals surface area contributed by atoms with Gasteiger partial charge in [-0.3, -0.25) is 0 Å². The molecule has 53 heavy (non-hydrogen) atoms. The number of carbonyl (C=O) groups excluding carboxylic acids is 2. The summed E-state index contributed by atoms with van der Waals surface area (Å²) in [5.41, 5.74) is 12.0. The van der Waals surface area contributed by atoms with Crippen LogP contribution in [0, 0.1) is 13.8 Å². The van der Waals surface area contributed by atoms with Gasteiger partial charge in [0.05, 0.1) is 36.7 Å². The minimum absolute atomic E-state index is 0. The molecule has 0 unspecified atom stereocenters. The van der Waals surface area contributed by atoms with Crippen LogP contribution in [-0.4, -0.2) is 85.2 Å². The predicted molar refractivity (Wildman–Crippen MR) is 198 cm³/mol. The van der Waals surface area contributed by atoms with Crippen LogP contribution in [0.5, 0.6) is 0 Å². The molecular weight excluding hydrogens is 793 g/mol. The maximum absolute atomic E-state index is 12.1. The Morgan fingerprint density at radius 2 is 1.40 bits per heavy atom. The van der Waals surface area contributed by atoms with E-state index >= 15 is 0 Å². The number of aryl methyl sites for hydroxylation is 3. The van der Waals surface area contributed by atoms with Crippen molar-refractivity contribution in [2.24, 2.45) is 7.05 Å². The SMILES string of the molecule is CO.COC(=O)c1cc(-c2nc3c([nH]2)CN(C)CC3)c(C2CC2)cc1C.COC(=O)c1cc(-c2nc3cc[n+](C)cc3[nH]2)c(C2CC2)cc1C.[B].[H-].[I-].[Na+]. The maximum Gasteiger partial charge on any atom is 1.00 e. The van der Waals surface area contributed by atoms with Gasteiger partial charge in [0.2, 0.25) is 0 Å². The van der Waals surface area contributed by atoms with E-state index in [4.69, 9.17) is 24.5 Å². The Kier molecular flexibility index (Phi) is 15.9. The maximum atomic E-state index is 12.1. The number of benzene rings is 2. The van der Waals surface area contributed by atoms with E-state index in [0.717, 1.165) is 77.3 Å². The van der Waals surface area contributed by atoms with Crippen LogP contribution in [0.25, 0.3) is 33.8 Å². The van der Waals surface area contributed by atoms with Crippen molar-refractivity contribution < 1.29 is 83.7 Å². The van der Waals surface area contributed by atoms with Gasteiger partial charge in [-0.2, -0.15) is 0 Å². The number of aliphatic hydroxyl groups excluding tert-OH is 1. The summed E-state index contributed by atoms with van der Waals surface area (Å²) >= 11 is 0. The standard InChI is InChI=1S/C19H23N3O2.C19H19N3O2.CH4O.B.HI.Na.H/c2*1-11-8-14(12-4-5-12)15(9-13(11)19(23)24-3)18-20-16-6-7-22(2)10-17(16)21-18;1-2;;;;/h8-9,12H,4-7,10H2,1-3H3,(H,20,21);6-10,12H,4-5H2,1-3H3;2H,1H3;;1H;;/q;;;;;+1;-1. The number of nitrogens with one attached hydrogen (secondary N) is 2. The number of fused-ring (bicyclic) bond motifs is 2. The van der Waals surface area contributed by atoms with Gasteiger partial charge in [-0.1, -0.05) is 12.1 Å². The molecule has 4 heterocycles. The van der Waals surface area contributed by atoms with Crippen LogP contribution in [-0.2, 0) is 29.5 Å². The van der Waals surface area contributed by atoms with Gasteiger partial charge in [0.25, 0.3) is 0 Å². The Hall–Kier alpha value is -3.08. The van der Waals surface area contributed by atoms with E-state index in [1.807, 2.05) is 56.1 Å². The van der Waals surface area contributed by atoms with Crippen LogP contribution in [0.1, 0.15) is 93.3 Å². The van der Waals surface area contributed by atoms with Crippen molar-refractivity contribution in [2.45, 2.75) is 64.3 Å². The quantitative estimate of drug-likeness (QED) is 0.0895. The number of methoxy groups -OCH3 is 2. The number of ether oxygens (including phenoxy) is 2. The van der Waals surface area contributed by atoms with Crippen molar-refractivity contribution in [2.75, 3.05) is 34.9 Å². The van der Waals surface area contributed by atoms with Gasteiger partial charge in [-0.25, -0.2) is 24.1 Å². The number of imidazole rings is 2. The van der Waals surface area contributed by atoms with Crippen LogP contribution in [0.4, 0.5) is 0 Å². The number of likely N-dealkylation sites (N-methyl/N-ethyl adjacent to an activating group) is 1. The third-order valence-electron chi connectivity index (χ3n) is 9.73. The van der Waals surface area contributed by atoms with Crippen LogP contribution < -0.4 is 58.1 Å². The fourth-order valence-electron chi connectivity index (χ4n) is 6.74. The number of halogens is 1. The number of hydrogen-bond donors (Lipinski definition) is 3. The minimum atomic E-state index is -0.307. The number of aliphatic hydroxyl groups is 1. The fraction of sp³-hybridized carbons (Fsp3) is 0.410. The summed E-state index contributed by atoms with van der Waals surface area (Å²) in [6, 6.07) is 10.1. The zero-order chi connectivity index (χ0) is 35.7. The zero-order valence-electron chi connectivity index (χ0n) is 33.0. The number of nitrogens with zero attached hydrogens (tertiary/aromatic N) is 4. The Bertz CT molecular complexity index is 2080. The first kappa shape index (κ1) is 44.3. The zero-order valence-corrected chi connectivity index (χ0v) is 36.1. The molecule has 0 saturated heterocycles. The van der Waals surface area contributed by atoms with Gasteiger partial charge in [0.1, 0.15) is 29.7 Å². The molecule has 3 N–H and O–H groups in total. The summed E-state index contributed by atoms with van der Waals surface area (Å²) < 4.78 is 11.9. The van der Waals surface area contributed by atoms with Gasteiger partial charge in [0.15, 0.2) is 12.4 Å². The second-order valence-corrected chi connectivity index (χ2v) is 13.5. The van der Waals surface area contributed by atoms with Crippen molar-refractivity contribution in [1.82, 2.24) is 24.8 Å². The molecule has 3 radical (unpaired) electrons. The summed E-state index contributed by atoms with van der Waals surface area (Å²) in [6.45, 7) is 5.87. The minimum Gasteiger partial charge on any atom is -1.00 e. The molecule has 2 aliphatic carbocycles. The van der Waals surface area contributed by atoms with Gasteiger partial charge in [-0.15, -0.1) is 0 Å². The van der Waals surface area contributed by atoms with Crippen LogP contribution in [0.15, 0.2) is 42.7 Å². The second kappa shape index (κ2) is 19.0. The number of rotatable bonds is 6. The summed E-state index contributed by atoms with van der Waals surface area (Å²) in [5, 5.41) is 7.00. The molecule has 3 aromatic heterocycles. The number of carbonyl (C=O) groups is 2. The second-order valence-electron chi connectivity index (χ2n) is 13.5. The monoisotopic (exact) mass is 841 g/mol. The number of aromatic amines is 2. The third kappa shape index (κ3) is 9.79. The molecule has 5 aromatic rings. The average molecular weight is 842 g/mol. The smallest absolute Gasteiger partial charge is 1.00 e. The van der Waals surface area contributed by atoms with E-state index in [1.165, 1.54) is 56.7 Å². The van der Waals surface area contributed by atoms with Crippen LogP contribution >= 0.6 is 0 Å². The van der Waals surface area contributed by atoms with E-state index < -0.39 is 0 Å². The number of esters is 2. The average Bonchev–Trinajstić information content (AvgIpc) is 4.06. The molecule has 11 nitrogen and oxygen atoms in total. The molecule has 3 aliphatic rings. The summed E-state index contributed by atoms with van der Waals surface area (Å²) in [7, 11) is 7.95. The largest absolute Gasteiger partial charge is 1.00 e. The van der Waals surface area contributed by atoms with E-state index in [-0.39, 0.29) is 75.3 Å². The van der Waals surface area contributed by atoms with E-state index in [2.05, 4.69) is 34.0 Å². The molecule has 0 amide bonds. The van der Waals surface area contributed by atoms with E-state index in [1.54, 1.807) is 0 Å². The van der Waals surface area contributed by atoms with Crippen molar-refractivity contribution in [3.8, 4) is 22.8 Å². The molecule has 2 fully saturated rings. The fourth-order valence-corrected chi connectivity index (χ4v) is 6.74. The van der Waals surface area contributed by atoms with Crippen molar-refractivity contribution >= 4 is 31.4 Å². The number of hydrogen-bond acceptors (Lipinski definition) is 8. The number of H-pyrrole nitrogens is 2. The Labute approximate surface area is 354 Å². The molecule has 14 heteroatoms. The van der Waals surface area contributed by atoms with Crippen molar-refractivity contribution in [3.05, 3.63) is 87.5 Å². The summed E-state index contributed by atoms with van der Waals surface area (Å²) in [6.07, 6.45) is 9.78. The molecule has 1 aliphatic heterocycles. The third-order valence-corrected chi connectivity index (χ3v) is 9.73. The molecule has 0 bridgehead atoms. The molecule has 275 valence electrons. The first-order chi connectivity index (χ1) is 24.1. The molecule has 0 spiro atoms.